The summed E-state index contributed by atoms with van der Waals surface area (Å²) in [5, 5.41) is 7.43. The molecule has 6 nitrogen and oxygen atoms in total. The van der Waals surface area contributed by atoms with Crippen LogP contribution in [0.3, 0.4) is 0 Å². The second-order valence-corrected chi connectivity index (χ2v) is 6.77. The van der Waals surface area contributed by atoms with Gasteiger partial charge in [-0.25, -0.2) is 0 Å². The number of fused-ring (bicyclic) bond motifs is 1. The summed E-state index contributed by atoms with van der Waals surface area (Å²) in [7, 11) is 0. The van der Waals surface area contributed by atoms with Crippen molar-refractivity contribution in [1.29, 1.82) is 0 Å². The van der Waals surface area contributed by atoms with Crippen LogP contribution in [0.15, 0.2) is 42.5 Å². The van der Waals surface area contributed by atoms with Crippen LogP contribution in [0.2, 0.25) is 0 Å². The minimum absolute atomic E-state index is 0.118. The van der Waals surface area contributed by atoms with E-state index in [1.165, 1.54) is 6.92 Å². The average molecular weight is 355 g/mol. The van der Waals surface area contributed by atoms with Gasteiger partial charge in [-0.1, -0.05) is 56.3 Å². The lowest BCUT2D eigenvalue weighted by Crippen LogP contribution is -2.55. The highest BCUT2D eigenvalue weighted by Crippen LogP contribution is 2.17. The Morgan fingerprint density at radius 2 is 1.65 bits per heavy atom. The van der Waals surface area contributed by atoms with Crippen LogP contribution in [0.4, 0.5) is 0 Å². The molecule has 0 aliphatic carbocycles. The Labute approximate surface area is 153 Å². The first kappa shape index (κ1) is 19.4. The number of hydrogen-bond donors (Lipinski definition) is 3. The smallest absolute Gasteiger partial charge is 0.243 e. The minimum Gasteiger partial charge on any atom is -0.368 e. The molecule has 6 heteroatoms. The highest BCUT2D eigenvalue weighted by molar-refractivity contribution is 5.91. The first-order chi connectivity index (χ1) is 12.3. The SMILES string of the molecule is CC(=O)N[C@@H](C(=O)N[C@@H](Cc1ccc2ccccc2c1)C(N)=O)C(C)C. The lowest BCUT2D eigenvalue weighted by molar-refractivity contribution is -0.131. The first-order valence-corrected chi connectivity index (χ1v) is 8.62. The average Bonchev–Trinajstić information content (AvgIpc) is 2.58. The molecule has 0 aliphatic heterocycles. The Kier molecular flexibility index (Phi) is 6.33. The minimum atomic E-state index is -0.848. The number of amides is 3. The molecule has 0 saturated heterocycles. The van der Waals surface area contributed by atoms with E-state index < -0.39 is 23.9 Å². The van der Waals surface area contributed by atoms with Crippen LogP contribution in [0.25, 0.3) is 10.8 Å². The van der Waals surface area contributed by atoms with Crippen LogP contribution in [0, 0.1) is 5.92 Å². The summed E-state index contributed by atoms with van der Waals surface area (Å²) in [6, 6.07) is 12.2. The van der Waals surface area contributed by atoms with Gasteiger partial charge in [0.15, 0.2) is 0 Å². The normalized spacial score (nSPS) is 13.2. The fourth-order valence-corrected chi connectivity index (χ4v) is 2.84. The summed E-state index contributed by atoms with van der Waals surface area (Å²) in [6.45, 7) is 4.99. The summed E-state index contributed by atoms with van der Waals surface area (Å²) >= 11 is 0. The van der Waals surface area contributed by atoms with Crippen LogP contribution in [0.5, 0.6) is 0 Å². The number of nitrogens with one attached hydrogen (secondary N) is 2. The number of hydrogen-bond acceptors (Lipinski definition) is 3. The number of nitrogens with two attached hydrogens (primary N) is 1. The zero-order valence-corrected chi connectivity index (χ0v) is 15.3. The summed E-state index contributed by atoms with van der Waals surface area (Å²) in [6.07, 6.45) is 0.288. The fourth-order valence-electron chi connectivity index (χ4n) is 2.84. The van der Waals surface area contributed by atoms with E-state index in [2.05, 4.69) is 10.6 Å². The number of primary amides is 1. The maximum absolute atomic E-state index is 12.5. The summed E-state index contributed by atoms with van der Waals surface area (Å²) in [5.41, 5.74) is 6.38. The Bertz CT molecular complexity index is 817. The van der Waals surface area contributed by atoms with Crippen molar-refractivity contribution >= 4 is 28.5 Å². The van der Waals surface area contributed by atoms with Crippen molar-refractivity contribution in [3.05, 3.63) is 48.0 Å². The van der Waals surface area contributed by atoms with Gasteiger partial charge in [-0.05, 0) is 22.3 Å². The molecule has 3 amide bonds. The molecule has 0 radical (unpaired) electrons. The van der Waals surface area contributed by atoms with Gasteiger partial charge >= 0.3 is 0 Å². The molecule has 4 N–H and O–H groups in total. The van der Waals surface area contributed by atoms with Crippen molar-refractivity contribution < 1.29 is 14.4 Å². The highest BCUT2D eigenvalue weighted by atomic mass is 16.2. The topological polar surface area (TPSA) is 101 Å². The molecule has 0 aromatic heterocycles. The van der Waals surface area contributed by atoms with Crippen molar-refractivity contribution in [1.82, 2.24) is 10.6 Å². The Morgan fingerprint density at radius 1 is 1.00 bits per heavy atom. The predicted octanol–water partition coefficient (Wildman–Crippen LogP) is 1.51. The van der Waals surface area contributed by atoms with Crippen molar-refractivity contribution in [3.8, 4) is 0 Å². The standard InChI is InChI=1S/C20H25N3O3/c1-12(2)18(22-13(3)24)20(26)23-17(19(21)25)11-14-8-9-15-6-4-5-7-16(15)10-14/h4-10,12,17-18H,11H2,1-3H3,(H2,21,25)(H,22,24)(H,23,26)/t17-,18+/m0/s1. The Hall–Kier alpha value is -2.89. The quantitative estimate of drug-likeness (QED) is 0.702. The largest absolute Gasteiger partial charge is 0.368 e. The molecule has 0 unspecified atom stereocenters. The van der Waals surface area contributed by atoms with E-state index in [9.17, 15) is 14.4 Å². The van der Waals surface area contributed by atoms with E-state index >= 15 is 0 Å². The van der Waals surface area contributed by atoms with Gasteiger partial charge in [-0.2, -0.15) is 0 Å². The van der Waals surface area contributed by atoms with Crippen molar-refractivity contribution in [2.24, 2.45) is 11.7 Å². The number of carbonyl (C=O) groups is 3. The monoisotopic (exact) mass is 355 g/mol. The van der Waals surface area contributed by atoms with Crippen molar-refractivity contribution in [2.75, 3.05) is 0 Å². The Morgan fingerprint density at radius 3 is 2.23 bits per heavy atom. The van der Waals surface area contributed by atoms with Crippen molar-refractivity contribution in [3.63, 3.8) is 0 Å². The lowest BCUT2D eigenvalue weighted by atomic mass is 9.99. The van der Waals surface area contributed by atoms with Gasteiger partial charge in [0.05, 0.1) is 0 Å². The van der Waals surface area contributed by atoms with E-state index in [0.29, 0.717) is 0 Å². The molecule has 2 aromatic rings. The third kappa shape index (κ3) is 5.05. The summed E-state index contributed by atoms with van der Waals surface area (Å²) < 4.78 is 0. The number of benzene rings is 2. The molecule has 0 saturated carbocycles. The maximum atomic E-state index is 12.5. The van der Waals surface area contributed by atoms with Gasteiger partial charge in [-0.15, -0.1) is 0 Å². The van der Waals surface area contributed by atoms with E-state index in [1.807, 2.05) is 56.3 Å². The van der Waals surface area contributed by atoms with Gasteiger partial charge < -0.3 is 16.4 Å². The second kappa shape index (κ2) is 8.47. The molecule has 2 rings (SSSR count). The molecule has 2 aromatic carbocycles. The highest BCUT2D eigenvalue weighted by Gasteiger charge is 2.27. The van der Waals surface area contributed by atoms with E-state index in [1.54, 1.807) is 0 Å². The molecule has 0 aliphatic rings. The third-order valence-electron chi connectivity index (χ3n) is 4.22. The molecule has 2 atom stereocenters. The molecule has 0 fully saturated rings. The van der Waals surface area contributed by atoms with E-state index in [-0.39, 0.29) is 18.2 Å². The molecule has 138 valence electrons. The van der Waals surface area contributed by atoms with Crippen LogP contribution in [-0.4, -0.2) is 29.8 Å². The van der Waals surface area contributed by atoms with Crippen LogP contribution in [0.1, 0.15) is 26.3 Å². The van der Waals surface area contributed by atoms with Crippen LogP contribution < -0.4 is 16.4 Å². The maximum Gasteiger partial charge on any atom is 0.243 e. The summed E-state index contributed by atoms with van der Waals surface area (Å²) in [5.74, 6) is -1.45. The van der Waals surface area contributed by atoms with E-state index in [4.69, 9.17) is 5.73 Å². The molecule has 0 spiro atoms. The lowest BCUT2D eigenvalue weighted by Gasteiger charge is -2.24. The third-order valence-corrected chi connectivity index (χ3v) is 4.22. The number of rotatable bonds is 7. The van der Waals surface area contributed by atoms with Crippen molar-refractivity contribution in [2.45, 2.75) is 39.3 Å². The van der Waals surface area contributed by atoms with Gasteiger partial charge in [0.25, 0.3) is 0 Å². The van der Waals surface area contributed by atoms with Crippen LogP contribution in [-0.2, 0) is 20.8 Å². The zero-order chi connectivity index (χ0) is 19.3. The molecule has 0 bridgehead atoms. The van der Waals surface area contributed by atoms with Gasteiger partial charge in [0, 0.05) is 13.3 Å². The fraction of sp³-hybridized carbons (Fsp3) is 0.350. The zero-order valence-electron chi connectivity index (χ0n) is 15.3. The summed E-state index contributed by atoms with van der Waals surface area (Å²) in [4.78, 5) is 35.7. The van der Waals surface area contributed by atoms with Gasteiger partial charge in [-0.3, -0.25) is 14.4 Å². The van der Waals surface area contributed by atoms with Gasteiger partial charge in [0.1, 0.15) is 12.1 Å². The van der Waals surface area contributed by atoms with Crippen LogP contribution >= 0.6 is 0 Å². The first-order valence-electron chi connectivity index (χ1n) is 8.62. The predicted molar refractivity (Wildman–Crippen MR) is 101 cm³/mol. The second-order valence-electron chi connectivity index (χ2n) is 6.77. The molecule has 26 heavy (non-hydrogen) atoms. The molecular weight excluding hydrogens is 330 g/mol. The molecular formula is C20H25N3O3. The number of carbonyl (C=O) groups excluding carboxylic acids is 3. The Balaban J connectivity index is 2.15. The molecule has 0 heterocycles. The van der Waals surface area contributed by atoms with Gasteiger partial charge in [0.2, 0.25) is 17.7 Å². The van der Waals surface area contributed by atoms with E-state index in [0.717, 1.165) is 16.3 Å².